The van der Waals surface area contributed by atoms with E-state index in [2.05, 4.69) is 10.6 Å². The van der Waals surface area contributed by atoms with Gasteiger partial charge in [0, 0.05) is 35.9 Å². The molecule has 1 fully saturated rings. The normalized spacial score (nSPS) is 16.0. The predicted octanol–water partition coefficient (Wildman–Crippen LogP) is 4.83. The van der Waals surface area contributed by atoms with Crippen molar-refractivity contribution in [3.05, 3.63) is 52.3 Å². The van der Waals surface area contributed by atoms with Gasteiger partial charge in [-0.2, -0.15) is 0 Å². The van der Waals surface area contributed by atoms with Crippen molar-refractivity contribution >= 4 is 34.6 Å². The molecule has 0 heterocycles. The van der Waals surface area contributed by atoms with E-state index in [0.29, 0.717) is 17.1 Å². The maximum absolute atomic E-state index is 13.2. The van der Waals surface area contributed by atoms with Crippen LogP contribution in [-0.4, -0.2) is 17.9 Å². The van der Waals surface area contributed by atoms with Crippen molar-refractivity contribution in [3.8, 4) is 0 Å². The van der Waals surface area contributed by atoms with E-state index in [0.717, 1.165) is 11.6 Å². The number of anilines is 3. The lowest BCUT2D eigenvalue weighted by molar-refractivity contribution is -0.0793. The molecule has 0 spiro atoms. The minimum Gasteiger partial charge on any atom is -0.398 e. The number of hydrogen-bond donors (Lipinski definition) is 3. The molecule has 1 aliphatic carbocycles. The average Bonchev–Trinajstić information content (AvgIpc) is 2.52. The SMILES string of the molecule is Cc1cc(NC2CC(F)(F)C2)c(C(=O)Nc2ccc(F)c(Cl)c2)cc1N. The lowest BCUT2D eigenvalue weighted by Gasteiger charge is -2.36. The molecule has 0 radical (unpaired) electrons. The highest BCUT2D eigenvalue weighted by atomic mass is 35.5. The van der Waals surface area contributed by atoms with E-state index in [9.17, 15) is 18.0 Å². The molecule has 3 rings (SSSR count). The van der Waals surface area contributed by atoms with E-state index >= 15 is 0 Å². The molecule has 1 saturated carbocycles. The van der Waals surface area contributed by atoms with Crippen LogP contribution in [-0.2, 0) is 0 Å². The molecule has 4 nitrogen and oxygen atoms in total. The zero-order valence-corrected chi connectivity index (χ0v) is 14.6. The van der Waals surface area contributed by atoms with Gasteiger partial charge in [0.05, 0.1) is 10.6 Å². The van der Waals surface area contributed by atoms with E-state index in [-0.39, 0.29) is 23.4 Å². The summed E-state index contributed by atoms with van der Waals surface area (Å²) in [6.07, 6.45) is -0.573. The van der Waals surface area contributed by atoms with Gasteiger partial charge in [-0.25, -0.2) is 13.2 Å². The first-order valence-electron chi connectivity index (χ1n) is 7.95. The monoisotopic (exact) mass is 383 g/mol. The molecule has 0 unspecified atom stereocenters. The van der Waals surface area contributed by atoms with Gasteiger partial charge in [0.15, 0.2) is 0 Å². The van der Waals surface area contributed by atoms with Gasteiger partial charge in [0.25, 0.3) is 11.8 Å². The highest BCUT2D eigenvalue weighted by Gasteiger charge is 2.45. The van der Waals surface area contributed by atoms with Crippen molar-refractivity contribution in [3.63, 3.8) is 0 Å². The quantitative estimate of drug-likeness (QED) is 0.662. The first-order chi connectivity index (χ1) is 12.1. The van der Waals surface area contributed by atoms with Crippen molar-refractivity contribution in [2.45, 2.75) is 31.7 Å². The Balaban J connectivity index is 1.84. The maximum atomic E-state index is 13.2. The van der Waals surface area contributed by atoms with Crippen LogP contribution < -0.4 is 16.4 Å². The summed E-state index contributed by atoms with van der Waals surface area (Å²) in [5.41, 5.74) is 7.95. The first kappa shape index (κ1) is 18.4. The number of benzene rings is 2. The molecule has 138 valence electrons. The number of amides is 1. The summed E-state index contributed by atoms with van der Waals surface area (Å²) in [5.74, 6) is -3.78. The zero-order chi connectivity index (χ0) is 19.1. The van der Waals surface area contributed by atoms with E-state index in [1.807, 2.05) is 0 Å². The Bertz CT molecular complexity index is 865. The Hall–Kier alpha value is -2.41. The molecule has 1 aliphatic rings. The van der Waals surface area contributed by atoms with Crippen LogP contribution in [0, 0.1) is 12.7 Å². The number of hydrogen-bond acceptors (Lipinski definition) is 3. The van der Waals surface area contributed by atoms with Gasteiger partial charge in [0.2, 0.25) is 0 Å². The van der Waals surface area contributed by atoms with Crippen LogP contribution >= 0.6 is 11.6 Å². The maximum Gasteiger partial charge on any atom is 0.257 e. The summed E-state index contributed by atoms with van der Waals surface area (Å²) >= 11 is 5.71. The summed E-state index contributed by atoms with van der Waals surface area (Å²) in [6.45, 7) is 1.76. The highest BCUT2D eigenvalue weighted by molar-refractivity contribution is 6.31. The molecule has 0 bridgehead atoms. The van der Waals surface area contributed by atoms with E-state index < -0.39 is 23.7 Å². The molecule has 1 amide bonds. The lowest BCUT2D eigenvalue weighted by Crippen LogP contribution is -2.44. The molecule has 2 aromatic rings. The van der Waals surface area contributed by atoms with Crippen LogP contribution in [0.15, 0.2) is 30.3 Å². The third kappa shape index (κ3) is 3.88. The zero-order valence-electron chi connectivity index (χ0n) is 13.9. The van der Waals surface area contributed by atoms with Gasteiger partial charge < -0.3 is 16.4 Å². The molecule has 26 heavy (non-hydrogen) atoms. The Morgan fingerprint density at radius 1 is 1.27 bits per heavy atom. The Kier molecular flexibility index (Phi) is 4.75. The second kappa shape index (κ2) is 6.72. The fourth-order valence-electron chi connectivity index (χ4n) is 2.79. The largest absolute Gasteiger partial charge is 0.398 e. The number of nitrogens with two attached hydrogens (primary N) is 1. The number of aryl methyl sites for hydroxylation is 1. The summed E-state index contributed by atoms with van der Waals surface area (Å²) in [5, 5.41) is 5.46. The van der Waals surface area contributed by atoms with E-state index in [1.165, 1.54) is 18.2 Å². The highest BCUT2D eigenvalue weighted by Crippen LogP contribution is 2.40. The fraction of sp³-hybridized carbons (Fsp3) is 0.278. The summed E-state index contributed by atoms with van der Waals surface area (Å²) in [4.78, 5) is 12.6. The molecule has 2 aromatic carbocycles. The molecule has 0 aromatic heterocycles. The summed E-state index contributed by atoms with van der Waals surface area (Å²) in [7, 11) is 0. The number of rotatable bonds is 4. The molecule has 8 heteroatoms. The van der Waals surface area contributed by atoms with Crippen molar-refractivity contribution in [1.82, 2.24) is 0 Å². The van der Waals surface area contributed by atoms with Crippen LogP contribution in [0.1, 0.15) is 28.8 Å². The molecule has 0 saturated heterocycles. The van der Waals surface area contributed by atoms with Crippen molar-refractivity contribution < 1.29 is 18.0 Å². The Morgan fingerprint density at radius 2 is 1.96 bits per heavy atom. The lowest BCUT2D eigenvalue weighted by atomic mass is 9.87. The van der Waals surface area contributed by atoms with E-state index in [4.69, 9.17) is 17.3 Å². The van der Waals surface area contributed by atoms with Crippen LogP contribution in [0.5, 0.6) is 0 Å². The van der Waals surface area contributed by atoms with Crippen molar-refractivity contribution in [1.29, 1.82) is 0 Å². The summed E-state index contributed by atoms with van der Waals surface area (Å²) in [6, 6.07) is 6.51. The second-order valence-corrected chi connectivity index (χ2v) is 6.85. The number of alkyl halides is 2. The first-order valence-corrected chi connectivity index (χ1v) is 8.33. The second-order valence-electron chi connectivity index (χ2n) is 6.44. The van der Waals surface area contributed by atoms with Gasteiger partial charge in [-0.1, -0.05) is 11.6 Å². The van der Waals surface area contributed by atoms with Crippen LogP contribution in [0.2, 0.25) is 5.02 Å². The van der Waals surface area contributed by atoms with E-state index in [1.54, 1.807) is 13.0 Å². The molecular weight excluding hydrogens is 367 g/mol. The van der Waals surface area contributed by atoms with Crippen molar-refractivity contribution in [2.24, 2.45) is 0 Å². The van der Waals surface area contributed by atoms with Gasteiger partial charge in [-0.05, 0) is 42.8 Å². The number of nitrogen functional groups attached to an aromatic ring is 1. The number of halogens is 4. The number of nitrogens with one attached hydrogen (secondary N) is 2. The summed E-state index contributed by atoms with van der Waals surface area (Å²) < 4.78 is 39.4. The van der Waals surface area contributed by atoms with Gasteiger partial charge in [0.1, 0.15) is 5.82 Å². The molecule has 4 N–H and O–H groups in total. The van der Waals surface area contributed by atoms with Crippen LogP contribution in [0.25, 0.3) is 0 Å². The molecular formula is C18H17ClF3N3O. The fourth-order valence-corrected chi connectivity index (χ4v) is 2.97. The minimum atomic E-state index is -2.67. The molecule has 0 aliphatic heterocycles. The number of carbonyl (C=O) groups is 1. The Labute approximate surface area is 153 Å². The Morgan fingerprint density at radius 3 is 2.58 bits per heavy atom. The minimum absolute atomic E-state index is 0.124. The smallest absolute Gasteiger partial charge is 0.257 e. The number of carbonyl (C=O) groups excluding carboxylic acids is 1. The average molecular weight is 384 g/mol. The van der Waals surface area contributed by atoms with Gasteiger partial charge in [-0.15, -0.1) is 0 Å². The third-order valence-electron chi connectivity index (χ3n) is 4.28. The topological polar surface area (TPSA) is 67.2 Å². The predicted molar refractivity (Wildman–Crippen MR) is 96.5 cm³/mol. The van der Waals surface area contributed by atoms with Crippen molar-refractivity contribution in [2.75, 3.05) is 16.4 Å². The van der Waals surface area contributed by atoms with Crippen LogP contribution in [0.4, 0.5) is 30.2 Å². The van der Waals surface area contributed by atoms with Gasteiger partial charge in [-0.3, -0.25) is 4.79 Å². The standard InChI is InChI=1S/C18H17ClF3N3O/c1-9-4-16(24-11-7-18(21,22)8-11)12(6-15(9)23)17(26)25-10-2-3-14(20)13(19)5-10/h2-6,11,24H,7-8,23H2,1H3,(H,25,26). The van der Waals surface area contributed by atoms with Gasteiger partial charge >= 0.3 is 0 Å². The third-order valence-corrected chi connectivity index (χ3v) is 4.57. The molecule has 0 atom stereocenters. The van der Waals surface area contributed by atoms with Crippen LogP contribution in [0.3, 0.4) is 0 Å².